The Balaban J connectivity index is 1.35. The number of amides is 2. The van der Waals surface area contributed by atoms with Gasteiger partial charge in [0.05, 0.1) is 17.2 Å². The number of nitrogens with one attached hydrogen (secondary N) is 2. The average molecular weight is 644 g/mol. The number of aromatic amines is 1. The Hall–Kier alpha value is -4.41. The number of aromatic nitrogens is 3. The number of carbonyl (C=O) groups excluding carboxylic acids is 2. The summed E-state index contributed by atoms with van der Waals surface area (Å²) < 4.78 is 11.7. The molecule has 0 bridgehead atoms. The fourth-order valence-corrected chi connectivity index (χ4v) is 6.41. The fraction of sp³-hybridized carbons (Fsp3) is 0.528. The number of rotatable bonds is 10. The number of carbonyl (C=O) groups is 2. The number of pyridine rings is 1. The molecule has 4 heterocycles. The van der Waals surface area contributed by atoms with Gasteiger partial charge in [-0.3, -0.25) is 14.9 Å². The van der Waals surface area contributed by atoms with Gasteiger partial charge in [0.1, 0.15) is 6.61 Å². The van der Waals surface area contributed by atoms with Gasteiger partial charge in [-0.2, -0.15) is 0 Å². The topological polar surface area (TPSA) is 125 Å². The highest BCUT2D eigenvalue weighted by Gasteiger charge is 2.35. The number of aliphatic imine (C=N–C) groups is 1. The van der Waals surface area contributed by atoms with Gasteiger partial charge in [-0.1, -0.05) is 17.2 Å². The predicted octanol–water partition coefficient (Wildman–Crippen LogP) is 5.64. The number of hydrogen-bond acceptors (Lipinski definition) is 6. The molecule has 1 unspecified atom stereocenters. The predicted molar refractivity (Wildman–Crippen MR) is 183 cm³/mol. The van der Waals surface area contributed by atoms with Crippen LogP contribution in [0.5, 0.6) is 5.88 Å². The molecule has 2 aliphatic heterocycles. The maximum Gasteiger partial charge on any atom is 0.437 e. The molecular formula is C36H49N7O4. The molecule has 2 amide bonds. The van der Waals surface area contributed by atoms with Gasteiger partial charge in [0.15, 0.2) is 0 Å². The maximum absolute atomic E-state index is 13.3. The summed E-state index contributed by atoms with van der Waals surface area (Å²) in [5, 5.41) is 11.2. The van der Waals surface area contributed by atoms with Crippen molar-refractivity contribution in [1.29, 1.82) is 0 Å². The summed E-state index contributed by atoms with van der Waals surface area (Å²) in [5.74, 6) is 1.37. The van der Waals surface area contributed by atoms with Gasteiger partial charge in [0, 0.05) is 62.2 Å². The van der Waals surface area contributed by atoms with E-state index in [1.165, 1.54) is 5.56 Å². The van der Waals surface area contributed by atoms with Crippen molar-refractivity contribution in [2.75, 3.05) is 39.3 Å². The van der Waals surface area contributed by atoms with E-state index in [-0.39, 0.29) is 18.6 Å². The zero-order valence-electron chi connectivity index (χ0n) is 28.6. The molecule has 47 heavy (non-hydrogen) atoms. The molecule has 2 aromatic heterocycles. The third-order valence-electron chi connectivity index (χ3n) is 8.74. The van der Waals surface area contributed by atoms with E-state index in [2.05, 4.69) is 62.4 Å². The van der Waals surface area contributed by atoms with Crippen molar-refractivity contribution in [2.45, 2.75) is 79.2 Å². The van der Waals surface area contributed by atoms with Gasteiger partial charge < -0.3 is 24.6 Å². The summed E-state index contributed by atoms with van der Waals surface area (Å²) in [5.41, 5.74) is 5.60. The molecule has 3 aromatic rings. The van der Waals surface area contributed by atoms with E-state index in [9.17, 15) is 9.59 Å². The van der Waals surface area contributed by atoms with E-state index >= 15 is 0 Å². The van der Waals surface area contributed by atoms with Crippen LogP contribution in [0, 0.1) is 19.3 Å². The summed E-state index contributed by atoms with van der Waals surface area (Å²) in [6, 6.07) is 10.5. The molecular weight excluding hydrogens is 594 g/mol. The number of benzene rings is 1. The number of ether oxygens (including phenoxy) is 2. The Labute approximate surface area is 278 Å². The molecule has 0 spiro atoms. The molecule has 5 rings (SSSR count). The van der Waals surface area contributed by atoms with Crippen molar-refractivity contribution in [1.82, 2.24) is 30.3 Å². The molecule has 1 aromatic carbocycles. The first-order valence-corrected chi connectivity index (χ1v) is 16.8. The first-order chi connectivity index (χ1) is 22.5. The van der Waals surface area contributed by atoms with Crippen LogP contribution in [0.25, 0.3) is 11.3 Å². The minimum absolute atomic E-state index is 0.105. The van der Waals surface area contributed by atoms with Crippen LogP contribution >= 0.6 is 0 Å². The highest BCUT2D eigenvalue weighted by molar-refractivity contribution is 5.90. The summed E-state index contributed by atoms with van der Waals surface area (Å²) in [7, 11) is 0. The summed E-state index contributed by atoms with van der Waals surface area (Å²) in [6.07, 6.45) is 6.29. The van der Waals surface area contributed by atoms with Crippen LogP contribution in [0.3, 0.4) is 0 Å². The van der Waals surface area contributed by atoms with E-state index in [0.717, 1.165) is 73.4 Å². The standard InChI is InChI=1S/C36H49N7O4/c1-24(2)47-35(45)39-34(43-18-12-28(22-43)27-9-13-37-14-10-27)38-15-11-30-31(29-20-25(3)19-26(4)21-29)40-41-32(30)46-23-36(5,6)33(44)42-16-7-8-17-42/h9-10,13-14,19-21,24,28H,7-8,11-12,15-18,22-23H2,1-6H3,(H,40,41)(H,38,39,45). The number of hydrogen-bond donors (Lipinski definition) is 2. The van der Waals surface area contributed by atoms with Gasteiger partial charge in [-0.15, -0.1) is 10.1 Å². The first-order valence-electron chi connectivity index (χ1n) is 16.8. The van der Waals surface area contributed by atoms with E-state index in [4.69, 9.17) is 9.47 Å². The minimum Gasteiger partial charge on any atom is -0.475 e. The van der Waals surface area contributed by atoms with Crippen LogP contribution < -0.4 is 10.1 Å². The molecule has 2 saturated heterocycles. The molecule has 252 valence electrons. The second-order valence-electron chi connectivity index (χ2n) is 13.7. The van der Waals surface area contributed by atoms with E-state index in [0.29, 0.717) is 30.7 Å². The van der Waals surface area contributed by atoms with Crippen molar-refractivity contribution in [2.24, 2.45) is 10.4 Å². The van der Waals surface area contributed by atoms with Gasteiger partial charge in [0.25, 0.3) is 0 Å². The Morgan fingerprint density at radius 3 is 2.45 bits per heavy atom. The van der Waals surface area contributed by atoms with Crippen molar-refractivity contribution >= 4 is 18.0 Å². The number of likely N-dealkylation sites (tertiary alicyclic amines) is 2. The summed E-state index contributed by atoms with van der Waals surface area (Å²) >= 11 is 0. The van der Waals surface area contributed by atoms with E-state index < -0.39 is 11.5 Å². The van der Waals surface area contributed by atoms with Crippen LogP contribution in [0.4, 0.5) is 4.79 Å². The lowest BCUT2D eigenvalue weighted by atomic mass is 9.93. The molecule has 2 N–H and O–H groups in total. The maximum atomic E-state index is 13.3. The third kappa shape index (κ3) is 8.69. The SMILES string of the molecule is Cc1cc(C)cc(-c2[nH]nc(OCC(C)(C)C(=O)N3CCCC3)c2CCN/C(=N/C(=O)OC(C)C)N2CCC(c3ccncc3)C2)c1. The Bertz CT molecular complexity index is 1540. The van der Waals surface area contributed by atoms with Crippen LogP contribution in [-0.2, 0) is 16.0 Å². The molecule has 0 saturated carbocycles. The molecule has 0 radical (unpaired) electrons. The van der Waals surface area contributed by atoms with Crippen molar-refractivity contribution in [3.05, 3.63) is 65.0 Å². The third-order valence-corrected chi connectivity index (χ3v) is 8.74. The van der Waals surface area contributed by atoms with Gasteiger partial charge in [-0.05, 0) is 97.1 Å². The van der Waals surface area contributed by atoms with Gasteiger partial charge in [0.2, 0.25) is 17.7 Å². The fourth-order valence-electron chi connectivity index (χ4n) is 6.41. The van der Waals surface area contributed by atoms with Crippen LogP contribution in [0.15, 0.2) is 47.7 Å². The van der Waals surface area contributed by atoms with Crippen LogP contribution in [-0.4, -0.2) is 88.4 Å². The smallest absolute Gasteiger partial charge is 0.437 e. The highest BCUT2D eigenvalue weighted by Crippen LogP contribution is 2.32. The second-order valence-corrected chi connectivity index (χ2v) is 13.7. The van der Waals surface area contributed by atoms with Crippen molar-refractivity contribution in [3.63, 3.8) is 0 Å². The molecule has 2 fully saturated rings. The molecule has 0 aliphatic carbocycles. The second kappa shape index (κ2) is 15.0. The average Bonchev–Trinajstić information content (AvgIpc) is 3.81. The number of guanidine groups is 1. The highest BCUT2D eigenvalue weighted by atomic mass is 16.6. The zero-order chi connectivity index (χ0) is 33.6. The Morgan fingerprint density at radius 2 is 1.77 bits per heavy atom. The van der Waals surface area contributed by atoms with Crippen molar-refractivity contribution < 1.29 is 19.1 Å². The molecule has 11 nitrogen and oxygen atoms in total. The molecule has 2 aliphatic rings. The number of aryl methyl sites for hydroxylation is 2. The summed E-state index contributed by atoms with van der Waals surface area (Å²) in [4.78, 5) is 38.5. The van der Waals surface area contributed by atoms with Gasteiger partial charge >= 0.3 is 6.09 Å². The van der Waals surface area contributed by atoms with Crippen molar-refractivity contribution in [3.8, 4) is 17.1 Å². The number of nitrogens with zero attached hydrogens (tertiary/aromatic N) is 5. The van der Waals surface area contributed by atoms with Crippen LogP contribution in [0.1, 0.15) is 75.1 Å². The largest absolute Gasteiger partial charge is 0.475 e. The van der Waals surface area contributed by atoms with Crippen LogP contribution in [0.2, 0.25) is 0 Å². The minimum atomic E-state index is -0.698. The lowest BCUT2D eigenvalue weighted by molar-refractivity contribution is -0.140. The zero-order valence-corrected chi connectivity index (χ0v) is 28.6. The lowest BCUT2D eigenvalue weighted by Gasteiger charge is -2.28. The number of H-pyrrole nitrogens is 1. The molecule has 1 atom stereocenters. The Kier molecular flexibility index (Phi) is 10.8. The van der Waals surface area contributed by atoms with E-state index in [1.807, 2.05) is 57.1 Å². The first kappa shape index (κ1) is 33.9. The summed E-state index contributed by atoms with van der Waals surface area (Å²) in [6.45, 7) is 15.4. The monoisotopic (exact) mass is 643 g/mol. The normalized spacial score (nSPS) is 17.0. The molecule has 11 heteroatoms. The quantitative estimate of drug-likeness (QED) is 0.215. The lowest BCUT2D eigenvalue weighted by Crippen LogP contribution is -2.42. The Morgan fingerprint density at radius 1 is 1.06 bits per heavy atom. The van der Waals surface area contributed by atoms with E-state index in [1.54, 1.807) is 0 Å². The van der Waals surface area contributed by atoms with Gasteiger partial charge in [-0.25, -0.2) is 4.79 Å².